The first-order valence-corrected chi connectivity index (χ1v) is 5.81. The number of imidazole rings is 1. The highest BCUT2D eigenvalue weighted by Crippen LogP contribution is 2.28. The molecule has 0 aliphatic rings. The van der Waals surface area contributed by atoms with Crippen molar-refractivity contribution in [2.45, 2.75) is 27.3 Å². The van der Waals surface area contributed by atoms with Crippen LogP contribution in [0.3, 0.4) is 0 Å². The van der Waals surface area contributed by atoms with Gasteiger partial charge in [-0.1, -0.05) is 20.8 Å². The standard InChI is InChI=1S/C13H18FN3O/c1-13(2,3)7-17-10-6-11(18-4)8(14)5-9(10)16-12(17)15/h5-6H,7H2,1-4H3,(H2,15,16). The first-order chi connectivity index (χ1) is 8.31. The molecule has 0 bridgehead atoms. The number of aromatic nitrogens is 2. The second-order valence-electron chi connectivity index (χ2n) is 5.59. The maximum absolute atomic E-state index is 13.6. The van der Waals surface area contributed by atoms with Crippen LogP contribution in [0.4, 0.5) is 10.3 Å². The van der Waals surface area contributed by atoms with E-state index in [1.807, 2.05) is 4.57 Å². The quantitative estimate of drug-likeness (QED) is 0.893. The smallest absolute Gasteiger partial charge is 0.201 e. The van der Waals surface area contributed by atoms with E-state index in [1.54, 1.807) is 6.07 Å². The monoisotopic (exact) mass is 251 g/mol. The number of ether oxygens (including phenoxy) is 1. The lowest BCUT2D eigenvalue weighted by Crippen LogP contribution is -2.17. The van der Waals surface area contributed by atoms with Crippen molar-refractivity contribution in [3.8, 4) is 5.75 Å². The molecule has 1 aromatic carbocycles. The van der Waals surface area contributed by atoms with E-state index < -0.39 is 5.82 Å². The van der Waals surface area contributed by atoms with Crippen molar-refractivity contribution in [3.05, 3.63) is 17.9 Å². The number of methoxy groups -OCH3 is 1. The zero-order valence-corrected chi connectivity index (χ0v) is 11.1. The summed E-state index contributed by atoms with van der Waals surface area (Å²) in [5.41, 5.74) is 7.29. The number of hydrogen-bond acceptors (Lipinski definition) is 3. The van der Waals surface area contributed by atoms with Crippen LogP contribution in [0.25, 0.3) is 11.0 Å². The van der Waals surface area contributed by atoms with Gasteiger partial charge in [-0.15, -0.1) is 0 Å². The highest BCUT2D eigenvalue weighted by Gasteiger charge is 2.18. The zero-order valence-electron chi connectivity index (χ0n) is 11.1. The second kappa shape index (κ2) is 4.15. The van der Waals surface area contributed by atoms with Gasteiger partial charge in [0.05, 0.1) is 18.1 Å². The van der Waals surface area contributed by atoms with E-state index in [4.69, 9.17) is 10.5 Å². The number of nitrogens with two attached hydrogens (primary N) is 1. The van der Waals surface area contributed by atoms with E-state index in [0.29, 0.717) is 18.0 Å². The van der Waals surface area contributed by atoms with Crippen molar-refractivity contribution in [2.24, 2.45) is 5.41 Å². The fraction of sp³-hybridized carbons (Fsp3) is 0.462. The van der Waals surface area contributed by atoms with E-state index in [2.05, 4.69) is 25.8 Å². The molecule has 2 rings (SSSR count). The molecule has 0 amide bonds. The minimum absolute atomic E-state index is 0.0589. The van der Waals surface area contributed by atoms with Gasteiger partial charge in [0, 0.05) is 18.7 Å². The van der Waals surface area contributed by atoms with Crippen molar-refractivity contribution >= 4 is 17.0 Å². The fourth-order valence-electron chi connectivity index (χ4n) is 1.94. The molecule has 0 unspecified atom stereocenters. The summed E-state index contributed by atoms with van der Waals surface area (Å²) in [6, 6.07) is 2.99. The Kier molecular flexibility index (Phi) is 2.92. The molecule has 4 nitrogen and oxygen atoms in total. The van der Waals surface area contributed by atoms with Crippen LogP contribution in [0.5, 0.6) is 5.75 Å². The van der Waals surface area contributed by atoms with Gasteiger partial charge in [0.15, 0.2) is 11.6 Å². The van der Waals surface area contributed by atoms with Gasteiger partial charge < -0.3 is 15.0 Å². The molecule has 5 heteroatoms. The third kappa shape index (κ3) is 2.25. The highest BCUT2D eigenvalue weighted by atomic mass is 19.1. The number of rotatable bonds is 2. The van der Waals surface area contributed by atoms with E-state index in [0.717, 1.165) is 5.52 Å². The van der Waals surface area contributed by atoms with Gasteiger partial charge in [0.1, 0.15) is 0 Å². The Labute approximate surface area is 106 Å². The van der Waals surface area contributed by atoms with Crippen LogP contribution < -0.4 is 10.5 Å². The molecule has 0 spiro atoms. The van der Waals surface area contributed by atoms with Gasteiger partial charge in [-0.3, -0.25) is 0 Å². The molecule has 18 heavy (non-hydrogen) atoms. The summed E-state index contributed by atoms with van der Waals surface area (Å²) >= 11 is 0. The zero-order chi connectivity index (χ0) is 13.5. The lowest BCUT2D eigenvalue weighted by atomic mass is 9.97. The predicted octanol–water partition coefficient (Wildman–Crippen LogP) is 2.81. The molecule has 0 aliphatic carbocycles. The van der Waals surface area contributed by atoms with Crippen molar-refractivity contribution in [1.29, 1.82) is 0 Å². The van der Waals surface area contributed by atoms with E-state index >= 15 is 0 Å². The summed E-state index contributed by atoms with van der Waals surface area (Å²) in [6.45, 7) is 7.04. The predicted molar refractivity (Wildman–Crippen MR) is 70.1 cm³/mol. The Hall–Kier alpha value is -1.78. The van der Waals surface area contributed by atoms with Gasteiger partial charge >= 0.3 is 0 Å². The van der Waals surface area contributed by atoms with Crippen molar-refractivity contribution < 1.29 is 9.13 Å². The Morgan fingerprint density at radius 2 is 2.06 bits per heavy atom. The van der Waals surface area contributed by atoms with Crippen molar-refractivity contribution in [3.63, 3.8) is 0 Å². The van der Waals surface area contributed by atoms with Crippen LogP contribution in [0, 0.1) is 11.2 Å². The number of halogens is 1. The van der Waals surface area contributed by atoms with Crippen molar-refractivity contribution in [1.82, 2.24) is 9.55 Å². The van der Waals surface area contributed by atoms with Crippen LogP contribution in [-0.2, 0) is 6.54 Å². The largest absolute Gasteiger partial charge is 0.494 e. The molecule has 0 fully saturated rings. The van der Waals surface area contributed by atoms with Crippen LogP contribution in [0.1, 0.15) is 20.8 Å². The Bertz CT molecular complexity index is 584. The Morgan fingerprint density at radius 1 is 1.39 bits per heavy atom. The maximum atomic E-state index is 13.6. The second-order valence-corrected chi connectivity index (χ2v) is 5.59. The average Bonchev–Trinajstić information content (AvgIpc) is 2.52. The van der Waals surface area contributed by atoms with E-state index in [-0.39, 0.29) is 11.2 Å². The normalized spacial score (nSPS) is 12.1. The van der Waals surface area contributed by atoms with Crippen molar-refractivity contribution in [2.75, 3.05) is 12.8 Å². The molecule has 98 valence electrons. The molecule has 0 saturated carbocycles. The number of anilines is 1. The first kappa shape index (κ1) is 12.7. The number of benzene rings is 1. The summed E-state index contributed by atoms with van der Waals surface area (Å²) < 4.78 is 20.5. The molecular formula is C13H18FN3O. The lowest BCUT2D eigenvalue weighted by Gasteiger charge is -2.20. The number of nitrogen functional groups attached to an aromatic ring is 1. The minimum Gasteiger partial charge on any atom is -0.494 e. The molecule has 2 aromatic rings. The molecule has 0 atom stereocenters. The molecular weight excluding hydrogens is 233 g/mol. The maximum Gasteiger partial charge on any atom is 0.201 e. The summed E-state index contributed by atoms with van der Waals surface area (Å²) in [6.07, 6.45) is 0. The summed E-state index contributed by atoms with van der Waals surface area (Å²) in [5, 5.41) is 0. The summed E-state index contributed by atoms with van der Waals surface area (Å²) in [4.78, 5) is 4.18. The van der Waals surface area contributed by atoms with Gasteiger partial charge in [0.2, 0.25) is 5.95 Å². The van der Waals surface area contributed by atoms with Gasteiger partial charge in [-0.25, -0.2) is 9.37 Å². The molecule has 0 saturated heterocycles. The number of fused-ring (bicyclic) bond motifs is 1. The highest BCUT2D eigenvalue weighted by molar-refractivity contribution is 5.80. The molecule has 1 heterocycles. The molecule has 0 aliphatic heterocycles. The van der Waals surface area contributed by atoms with E-state index in [9.17, 15) is 4.39 Å². The average molecular weight is 251 g/mol. The van der Waals surface area contributed by atoms with Crippen LogP contribution in [-0.4, -0.2) is 16.7 Å². The molecule has 0 radical (unpaired) electrons. The number of hydrogen-bond donors (Lipinski definition) is 1. The fourth-order valence-corrected chi connectivity index (χ4v) is 1.94. The minimum atomic E-state index is -0.426. The van der Waals surface area contributed by atoms with Gasteiger partial charge in [0.25, 0.3) is 0 Å². The Morgan fingerprint density at radius 3 is 2.61 bits per heavy atom. The Balaban J connectivity index is 2.62. The summed E-state index contributed by atoms with van der Waals surface area (Å²) in [7, 11) is 1.44. The number of nitrogens with zero attached hydrogens (tertiary/aromatic N) is 2. The van der Waals surface area contributed by atoms with Crippen LogP contribution in [0.2, 0.25) is 0 Å². The van der Waals surface area contributed by atoms with Crippen LogP contribution >= 0.6 is 0 Å². The lowest BCUT2D eigenvalue weighted by molar-refractivity contribution is 0.350. The van der Waals surface area contributed by atoms with E-state index in [1.165, 1.54) is 13.2 Å². The third-order valence-electron chi connectivity index (χ3n) is 2.68. The van der Waals surface area contributed by atoms with Crippen LogP contribution in [0.15, 0.2) is 12.1 Å². The van der Waals surface area contributed by atoms with Gasteiger partial charge in [-0.2, -0.15) is 0 Å². The topological polar surface area (TPSA) is 53.1 Å². The molecule has 1 aromatic heterocycles. The molecule has 2 N–H and O–H groups in total. The first-order valence-electron chi connectivity index (χ1n) is 5.81. The summed E-state index contributed by atoms with van der Waals surface area (Å²) in [5.74, 6) is 0.176. The third-order valence-corrected chi connectivity index (χ3v) is 2.68. The SMILES string of the molecule is COc1cc2c(cc1F)nc(N)n2CC(C)(C)C. The van der Waals surface area contributed by atoms with Gasteiger partial charge in [-0.05, 0) is 5.41 Å².